The first-order valence-electron chi connectivity index (χ1n) is 9.95. The molecule has 0 aromatic rings. The van der Waals surface area contributed by atoms with Gasteiger partial charge in [-0.1, -0.05) is 48.5 Å². The van der Waals surface area contributed by atoms with Crippen LogP contribution in [0.5, 0.6) is 0 Å². The highest BCUT2D eigenvalue weighted by molar-refractivity contribution is 5.02. The Kier molecular flexibility index (Phi) is 5.89. The molecule has 2 rings (SSSR count). The summed E-state index contributed by atoms with van der Waals surface area (Å²) in [5, 5.41) is 22.0. The van der Waals surface area contributed by atoms with Gasteiger partial charge in [-0.05, 0) is 72.5 Å². The van der Waals surface area contributed by atoms with E-state index < -0.39 is 0 Å². The Morgan fingerprint density at radius 3 is 1.39 bits per heavy atom. The van der Waals surface area contributed by atoms with Gasteiger partial charge in [0, 0.05) is 0 Å². The molecule has 0 aromatic carbocycles. The maximum Gasteiger partial charge on any atom is 0.0599 e. The Balaban J connectivity index is 2.37. The van der Waals surface area contributed by atoms with Crippen LogP contribution < -0.4 is 0 Å². The summed E-state index contributed by atoms with van der Waals surface area (Å²) in [4.78, 5) is 0. The van der Waals surface area contributed by atoms with Crippen molar-refractivity contribution in [2.24, 2.45) is 46.8 Å². The maximum atomic E-state index is 11.0. The van der Waals surface area contributed by atoms with Gasteiger partial charge in [-0.15, -0.1) is 0 Å². The smallest absolute Gasteiger partial charge is 0.0599 e. The summed E-state index contributed by atoms with van der Waals surface area (Å²) < 4.78 is 0. The molecule has 0 radical (unpaired) electrons. The molecule has 23 heavy (non-hydrogen) atoms. The molecule has 2 aliphatic carbocycles. The van der Waals surface area contributed by atoms with Gasteiger partial charge in [0.05, 0.1) is 12.2 Å². The van der Waals surface area contributed by atoms with Crippen LogP contribution in [-0.2, 0) is 0 Å². The molecule has 0 saturated heterocycles. The Labute approximate surface area is 144 Å². The molecule has 2 N–H and O–H groups in total. The van der Waals surface area contributed by atoms with Gasteiger partial charge in [0.1, 0.15) is 0 Å². The van der Waals surface area contributed by atoms with E-state index in [-0.39, 0.29) is 17.6 Å². The molecule has 2 fully saturated rings. The molecule has 8 unspecified atom stereocenters. The lowest BCUT2D eigenvalue weighted by Gasteiger charge is -2.56. The molecular formula is C21H40O2. The van der Waals surface area contributed by atoms with Crippen molar-refractivity contribution < 1.29 is 10.2 Å². The summed E-state index contributed by atoms with van der Waals surface area (Å²) in [6, 6.07) is 0. The number of aliphatic hydroxyl groups excluding tert-OH is 2. The van der Waals surface area contributed by atoms with Crippen LogP contribution in [0.1, 0.15) is 74.1 Å². The predicted octanol–water partition coefficient (Wildman–Crippen LogP) is 4.73. The first-order chi connectivity index (χ1) is 10.6. The molecular weight excluding hydrogens is 284 g/mol. The molecule has 2 aliphatic rings. The second-order valence-corrected chi connectivity index (χ2v) is 9.82. The van der Waals surface area contributed by atoms with Crippen LogP contribution in [0.15, 0.2) is 0 Å². The average Bonchev–Trinajstić information content (AvgIpc) is 2.45. The molecule has 8 atom stereocenters. The van der Waals surface area contributed by atoms with Gasteiger partial charge in [-0.2, -0.15) is 0 Å². The average molecular weight is 325 g/mol. The van der Waals surface area contributed by atoms with Crippen molar-refractivity contribution in [3.8, 4) is 0 Å². The quantitative estimate of drug-likeness (QED) is 0.787. The topological polar surface area (TPSA) is 40.5 Å². The summed E-state index contributed by atoms with van der Waals surface area (Å²) >= 11 is 0. The van der Waals surface area contributed by atoms with Crippen molar-refractivity contribution in [1.82, 2.24) is 0 Å². The van der Waals surface area contributed by atoms with E-state index in [1.165, 1.54) is 0 Å². The second kappa shape index (κ2) is 7.04. The normalized spacial score (nSPS) is 48.3. The molecule has 0 aromatic heterocycles. The van der Waals surface area contributed by atoms with Crippen molar-refractivity contribution in [2.75, 3.05) is 0 Å². The highest BCUT2D eigenvalue weighted by Crippen LogP contribution is 2.55. The van der Waals surface area contributed by atoms with Crippen LogP contribution in [0, 0.1) is 46.8 Å². The third-order valence-corrected chi connectivity index (χ3v) is 7.69. The minimum atomic E-state index is -0.224. The molecule has 0 spiro atoms. The second-order valence-electron chi connectivity index (χ2n) is 9.82. The van der Waals surface area contributed by atoms with Gasteiger partial charge in [0.25, 0.3) is 0 Å². The van der Waals surface area contributed by atoms with E-state index in [1.807, 2.05) is 0 Å². The summed E-state index contributed by atoms with van der Waals surface area (Å²) in [6.45, 7) is 16.0. The van der Waals surface area contributed by atoms with Crippen LogP contribution in [0.3, 0.4) is 0 Å². The van der Waals surface area contributed by atoms with Gasteiger partial charge < -0.3 is 10.2 Å². The van der Waals surface area contributed by atoms with Gasteiger partial charge in [-0.25, -0.2) is 0 Å². The van der Waals surface area contributed by atoms with E-state index in [4.69, 9.17) is 0 Å². The summed E-state index contributed by atoms with van der Waals surface area (Å²) in [5.41, 5.74) is 0.00468. The maximum absolute atomic E-state index is 11.0. The Morgan fingerprint density at radius 2 is 1.09 bits per heavy atom. The number of aliphatic hydroxyl groups is 2. The van der Waals surface area contributed by atoms with Crippen molar-refractivity contribution in [3.05, 3.63) is 0 Å². The Hall–Kier alpha value is -0.0800. The fourth-order valence-electron chi connectivity index (χ4n) is 6.05. The van der Waals surface area contributed by atoms with Gasteiger partial charge >= 0.3 is 0 Å². The lowest BCUT2D eigenvalue weighted by molar-refractivity contribution is -0.143. The fraction of sp³-hybridized carbons (Fsp3) is 1.00. The van der Waals surface area contributed by atoms with E-state index in [0.29, 0.717) is 41.4 Å². The highest BCUT2D eigenvalue weighted by Gasteiger charge is 2.53. The molecule has 2 nitrogen and oxygen atoms in total. The predicted molar refractivity (Wildman–Crippen MR) is 97.1 cm³/mol. The zero-order chi connectivity index (χ0) is 17.5. The minimum absolute atomic E-state index is 0.00468. The first kappa shape index (κ1) is 19.2. The largest absolute Gasteiger partial charge is 0.393 e. The van der Waals surface area contributed by atoms with Crippen LogP contribution >= 0.6 is 0 Å². The third kappa shape index (κ3) is 3.49. The van der Waals surface area contributed by atoms with Gasteiger partial charge in [-0.3, -0.25) is 0 Å². The Bertz CT molecular complexity index is 361. The van der Waals surface area contributed by atoms with Gasteiger partial charge in [0.15, 0.2) is 0 Å². The standard InChI is InChI=1S/C21H40O2/c1-12(2)21(7,17-10-13(3)8-15(5)19(17)22)18-11-14(4)9-16(6)20(18)23/h12-20,22-23H,8-11H2,1-7H3. The molecule has 0 aliphatic heterocycles. The van der Waals surface area contributed by atoms with Crippen molar-refractivity contribution in [2.45, 2.75) is 86.4 Å². The van der Waals surface area contributed by atoms with E-state index >= 15 is 0 Å². The zero-order valence-electron chi connectivity index (χ0n) is 16.4. The first-order valence-corrected chi connectivity index (χ1v) is 9.95. The summed E-state index contributed by atoms with van der Waals surface area (Å²) in [7, 11) is 0. The molecule has 2 heteroatoms. The molecule has 0 heterocycles. The van der Waals surface area contributed by atoms with Gasteiger partial charge in [0.2, 0.25) is 0 Å². The highest BCUT2D eigenvalue weighted by atomic mass is 16.3. The third-order valence-electron chi connectivity index (χ3n) is 7.69. The fourth-order valence-corrected chi connectivity index (χ4v) is 6.05. The zero-order valence-corrected chi connectivity index (χ0v) is 16.4. The van der Waals surface area contributed by atoms with Crippen LogP contribution in [-0.4, -0.2) is 22.4 Å². The molecule has 2 saturated carbocycles. The number of hydrogen-bond donors (Lipinski definition) is 2. The van der Waals surface area contributed by atoms with E-state index in [1.54, 1.807) is 0 Å². The monoisotopic (exact) mass is 324 g/mol. The summed E-state index contributed by atoms with van der Waals surface area (Å²) in [6.07, 6.45) is 4.02. The van der Waals surface area contributed by atoms with E-state index in [2.05, 4.69) is 48.5 Å². The molecule has 0 amide bonds. The molecule has 136 valence electrons. The van der Waals surface area contributed by atoms with Crippen LogP contribution in [0.2, 0.25) is 0 Å². The Morgan fingerprint density at radius 1 is 0.739 bits per heavy atom. The van der Waals surface area contributed by atoms with E-state index in [0.717, 1.165) is 25.7 Å². The van der Waals surface area contributed by atoms with Crippen molar-refractivity contribution in [1.29, 1.82) is 0 Å². The van der Waals surface area contributed by atoms with Crippen molar-refractivity contribution in [3.63, 3.8) is 0 Å². The summed E-state index contributed by atoms with van der Waals surface area (Å²) in [5.74, 6) is 3.17. The van der Waals surface area contributed by atoms with Crippen molar-refractivity contribution >= 4 is 0 Å². The minimum Gasteiger partial charge on any atom is -0.393 e. The lowest BCUT2D eigenvalue weighted by Crippen LogP contribution is -2.55. The SMILES string of the molecule is CC1CC(C)C(O)C(C(C)(C(C)C)C2CC(C)CC(C)C2O)C1. The number of hydrogen-bond acceptors (Lipinski definition) is 2. The molecule has 0 bridgehead atoms. The number of rotatable bonds is 3. The van der Waals surface area contributed by atoms with Crippen LogP contribution in [0.4, 0.5) is 0 Å². The van der Waals surface area contributed by atoms with E-state index in [9.17, 15) is 10.2 Å². The van der Waals surface area contributed by atoms with Crippen LogP contribution in [0.25, 0.3) is 0 Å². The lowest BCUT2D eigenvalue weighted by atomic mass is 9.50.